The molecule has 11 aromatic rings. The first kappa shape index (κ1) is 31.4. The fourth-order valence-electron chi connectivity index (χ4n) is 9.98. The molecule has 0 amide bonds. The van der Waals surface area contributed by atoms with Crippen LogP contribution in [0.3, 0.4) is 0 Å². The highest BCUT2D eigenvalue weighted by atomic mass is 16.3. The van der Waals surface area contributed by atoms with Gasteiger partial charge < -0.3 is 4.42 Å². The largest absolute Gasteiger partial charge is 0.455 e. The van der Waals surface area contributed by atoms with Crippen LogP contribution in [0.4, 0.5) is 0 Å². The number of rotatable bonds is 3. The third kappa shape index (κ3) is 4.37. The molecule has 10 aromatic carbocycles. The lowest BCUT2D eigenvalue weighted by Crippen LogP contribution is -2.14. The van der Waals surface area contributed by atoms with Gasteiger partial charge in [-0.1, -0.05) is 166 Å². The Balaban J connectivity index is 0.00000150. The van der Waals surface area contributed by atoms with Crippen LogP contribution in [0.15, 0.2) is 186 Å². The van der Waals surface area contributed by atoms with Gasteiger partial charge in [0.05, 0.1) is 0 Å². The molecule has 268 valence electrons. The molecule has 1 aliphatic rings. The number of furan rings is 1. The molecule has 0 saturated heterocycles. The minimum atomic E-state index is -0.0263. The Hall–Kier alpha value is -6.96. The molecule has 0 aliphatic heterocycles. The van der Waals surface area contributed by atoms with Crippen molar-refractivity contribution >= 4 is 65.0 Å². The maximum absolute atomic E-state index is 6.65. The summed E-state index contributed by atoms with van der Waals surface area (Å²) in [7, 11) is 0. The van der Waals surface area contributed by atoms with Crippen LogP contribution in [-0.4, -0.2) is 0 Å². The summed E-state index contributed by atoms with van der Waals surface area (Å²) >= 11 is 0. The molecule has 0 radical (unpaired) electrons. The van der Waals surface area contributed by atoms with Gasteiger partial charge in [0.2, 0.25) is 0 Å². The normalized spacial score (nSPS) is 13.3. The van der Waals surface area contributed by atoms with Crippen LogP contribution in [0.5, 0.6) is 0 Å². The molecular formula is C55H42O. The summed E-state index contributed by atoms with van der Waals surface area (Å²) in [5.41, 5.74) is 14.7. The summed E-state index contributed by atoms with van der Waals surface area (Å²) in [5, 5.41) is 12.1. The zero-order chi connectivity index (χ0) is 37.1. The van der Waals surface area contributed by atoms with Gasteiger partial charge in [-0.3, -0.25) is 0 Å². The molecule has 0 unspecified atom stereocenters. The number of hydrogen-bond donors (Lipinski definition) is 0. The molecule has 1 heteroatoms. The van der Waals surface area contributed by atoms with Gasteiger partial charge in [0.15, 0.2) is 0 Å². The molecule has 0 fully saturated rings. The lowest BCUT2D eigenvalue weighted by atomic mass is 9.81. The van der Waals surface area contributed by atoms with Crippen molar-refractivity contribution in [3.05, 3.63) is 193 Å². The van der Waals surface area contributed by atoms with Crippen molar-refractivity contribution in [3.8, 4) is 44.5 Å². The van der Waals surface area contributed by atoms with Crippen LogP contribution in [0.1, 0.15) is 29.3 Å². The number of fused-ring (bicyclic) bond motifs is 12. The van der Waals surface area contributed by atoms with Crippen LogP contribution >= 0.6 is 0 Å². The molecule has 0 saturated carbocycles. The Labute approximate surface area is 329 Å². The SMILES string of the molecule is CC1(C)c2ccccc2-c2cc(-c3c4ccccc4c(-c4cccc(-c5ccc6ccc7c(oc8ccc9ccccc9c87)c6c5)c4)c4ccccc34)ccc21.[HH].[HH].[HH]. The van der Waals surface area contributed by atoms with E-state index < -0.39 is 0 Å². The van der Waals surface area contributed by atoms with E-state index in [1.165, 1.54) is 98.7 Å². The van der Waals surface area contributed by atoms with E-state index in [9.17, 15) is 0 Å². The van der Waals surface area contributed by atoms with Gasteiger partial charge in [-0.05, 0) is 124 Å². The summed E-state index contributed by atoms with van der Waals surface area (Å²) in [6, 6.07) is 67.2. The van der Waals surface area contributed by atoms with Crippen LogP contribution in [0.2, 0.25) is 0 Å². The molecule has 0 spiro atoms. The summed E-state index contributed by atoms with van der Waals surface area (Å²) in [6.07, 6.45) is 0. The molecule has 1 nitrogen and oxygen atoms in total. The first-order chi connectivity index (χ1) is 27.5. The lowest BCUT2D eigenvalue weighted by molar-refractivity contribution is 0.660. The van der Waals surface area contributed by atoms with E-state index in [1.807, 2.05) is 0 Å². The smallest absolute Gasteiger partial charge is 0.143 e. The first-order valence-corrected chi connectivity index (χ1v) is 19.6. The van der Waals surface area contributed by atoms with Crippen molar-refractivity contribution in [1.29, 1.82) is 0 Å². The van der Waals surface area contributed by atoms with Crippen molar-refractivity contribution in [3.63, 3.8) is 0 Å². The van der Waals surface area contributed by atoms with Gasteiger partial charge in [-0.2, -0.15) is 0 Å². The summed E-state index contributed by atoms with van der Waals surface area (Å²) < 4.78 is 6.65. The molecular weight excluding hydrogens is 677 g/mol. The Morgan fingerprint density at radius 1 is 0.375 bits per heavy atom. The predicted octanol–water partition coefficient (Wildman–Crippen LogP) is 16.2. The predicted molar refractivity (Wildman–Crippen MR) is 244 cm³/mol. The second-order valence-corrected chi connectivity index (χ2v) is 16.0. The topological polar surface area (TPSA) is 13.1 Å². The van der Waals surface area contributed by atoms with E-state index in [2.05, 4.69) is 196 Å². The zero-order valence-electron chi connectivity index (χ0n) is 31.2. The minimum absolute atomic E-state index is 0. The van der Waals surface area contributed by atoms with Crippen molar-refractivity contribution < 1.29 is 8.70 Å². The Morgan fingerprint density at radius 3 is 1.70 bits per heavy atom. The van der Waals surface area contributed by atoms with Crippen LogP contribution in [0, 0.1) is 0 Å². The summed E-state index contributed by atoms with van der Waals surface area (Å²) in [6.45, 7) is 4.70. The van der Waals surface area contributed by atoms with Gasteiger partial charge >= 0.3 is 0 Å². The Bertz CT molecular complexity index is 3410. The average Bonchev–Trinajstić information content (AvgIpc) is 3.75. The van der Waals surface area contributed by atoms with Crippen molar-refractivity contribution in [2.45, 2.75) is 19.3 Å². The van der Waals surface area contributed by atoms with Gasteiger partial charge in [0, 0.05) is 25.9 Å². The molecule has 1 aromatic heterocycles. The van der Waals surface area contributed by atoms with Crippen molar-refractivity contribution in [2.24, 2.45) is 0 Å². The van der Waals surface area contributed by atoms with E-state index >= 15 is 0 Å². The first-order valence-electron chi connectivity index (χ1n) is 19.6. The third-order valence-electron chi connectivity index (χ3n) is 12.6. The Kier molecular flexibility index (Phi) is 6.46. The van der Waals surface area contributed by atoms with Crippen LogP contribution < -0.4 is 0 Å². The lowest BCUT2D eigenvalue weighted by Gasteiger charge is -2.22. The fraction of sp³-hybridized carbons (Fsp3) is 0.0545. The molecule has 1 heterocycles. The van der Waals surface area contributed by atoms with Crippen molar-refractivity contribution in [2.75, 3.05) is 0 Å². The number of hydrogen-bond acceptors (Lipinski definition) is 1. The molecule has 0 bridgehead atoms. The van der Waals surface area contributed by atoms with Crippen LogP contribution in [0.25, 0.3) is 110 Å². The molecule has 1 aliphatic carbocycles. The monoisotopic (exact) mass is 718 g/mol. The molecule has 12 rings (SSSR count). The Morgan fingerprint density at radius 2 is 0.929 bits per heavy atom. The highest BCUT2D eigenvalue weighted by molar-refractivity contribution is 6.24. The second kappa shape index (κ2) is 11.5. The standard InChI is InChI=1S/C55H36O.3H2/c1-55(2)48-21-10-9-16-40(48)47-32-38(25-28-49(47)55)52-43-19-7-5-17-41(43)51(42-18-6-8-20-44(42)52)37-14-11-13-35(30-37)36-23-22-34-24-27-45-53-39-15-4-3-12-33(39)26-29-50(53)56-54(45)46(34)31-36;;;/h3-32H,1-2H3;3*1H. The highest BCUT2D eigenvalue weighted by Gasteiger charge is 2.35. The molecule has 0 N–H and O–H groups in total. The van der Waals surface area contributed by atoms with E-state index in [4.69, 9.17) is 4.42 Å². The highest BCUT2D eigenvalue weighted by Crippen LogP contribution is 2.51. The third-order valence-corrected chi connectivity index (χ3v) is 12.6. The zero-order valence-corrected chi connectivity index (χ0v) is 31.2. The summed E-state index contributed by atoms with van der Waals surface area (Å²) in [5.74, 6) is 0. The molecule has 56 heavy (non-hydrogen) atoms. The summed E-state index contributed by atoms with van der Waals surface area (Å²) in [4.78, 5) is 0. The van der Waals surface area contributed by atoms with E-state index in [0.29, 0.717) is 0 Å². The second-order valence-electron chi connectivity index (χ2n) is 16.0. The maximum Gasteiger partial charge on any atom is 0.143 e. The van der Waals surface area contributed by atoms with Gasteiger partial charge in [0.25, 0.3) is 0 Å². The fourth-order valence-corrected chi connectivity index (χ4v) is 9.98. The average molecular weight is 719 g/mol. The minimum Gasteiger partial charge on any atom is -0.455 e. The quantitative estimate of drug-likeness (QED) is 0.166. The van der Waals surface area contributed by atoms with E-state index in [-0.39, 0.29) is 9.69 Å². The van der Waals surface area contributed by atoms with E-state index in [0.717, 1.165) is 21.9 Å². The van der Waals surface area contributed by atoms with Gasteiger partial charge in [-0.15, -0.1) is 0 Å². The van der Waals surface area contributed by atoms with E-state index in [1.54, 1.807) is 0 Å². The van der Waals surface area contributed by atoms with Crippen molar-refractivity contribution in [1.82, 2.24) is 0 Å². The maximum atomic E-state index is 6.65. The number of benzene rings is 10. The van der Waals surface area contributed by atoms with Gasteiger partial charge in [0.1, 0.15) is 11.2 Å². The molecule has 0 atom stereocenters. The van der Waals surface area contributed by atoms with Gasteiger partial charge in [-0.25, -0.2) is 0 Å². The van der Waals surface area contributed by atoms with Crippen LogP contribution in [-0.2, 0) is 5.41 Å².